The number of benzene rings is 4. The molecule has 4 aromatic carbocycles. The summed E-state index contributed by atoms with van der Waals surface area (Å²) in [5, 5.41) is 19.5. The van der Waals surface area contributed by atoms with Crippen LogP contribution in [-0.4, -0.2) is 29.3 Å². The van der Waals surface area contributed by atoms with Crippen molar-refractivity contribution in [1.29, 1.82) is 10.5 Å². The Morgan fingerprint density at radius 3 is 2.02 bits per heavy atom. The molecule has 7 rings (SSSR count). The maximum atomic E-state index is 9.75. The van der Waals surface area contributed by atoms with Crippen LogP contribution in [0.4, 0.5) is 5.69 Å². The van der Waals surface area contributed by atoms with Crippen LogP contribution in [0, 0.1) is 34.5 Å². The van der Waals surface area contributed by atoms with E-state index < -0.39 is 5.72 Å². The Hall–Kier alpha value is -6.36. The van der Waals surface area contributed by atoms with Crippen molar-refractivity contribution in [3.05, 3.63) is 131 Å². The molecule has 0 amide bonds. The fourth-order valence-electron chi connectivity index (χ4n) is 7.49. The van der Waals surface area contributed by atoms with Crippen LogP contribution in [0.3, 0.4) is 0 Å². The Bertz CT molecular complexity index is 2350. The first kappa shape index (κ1) is 36.0. The summed E-state index contributed by atoms with van der Waals surface area (Å²) in [6.07, 6.45) is 11.5. The number of hydrogen-bond acceptors (Lipinski definition) is 7. The maximum absolute atomic E-state index is 9.75. The number of unbranched alkanes of at least 4 members (excludes halogenated alkanes) is 5. The number of anilines is 1. The van der Waals surface area contributed by atoms with E-state index in [1.165, 1.54) is 43.4 Å². The minimum Gasteiger partial charge on any atom is -0.494 e. The van der Waals surface area contributed by atoms with E-state index in [4.69, 9.17) is 9.47 Å². The van der Waals surface area contributed by atoms with Gasteiger partial charge in [0.25, 0.3) is 0 Å². The van der Waals surface area contributed by atoms with Crippen LogP contribution in [0.25, 0.3) is 28.6 Å². The zero-order valence-corrected chi connectivity index (χ0v) is 31.3. The number of aromatic nitrogens is 2. The molecule has 0 saturated heterocycles. The van der Waals surface area contributed by atoms with Gasteiger partial charge in [0.1, 0.15) is 23.6 Å². The van der Waals surface area contributed by atoms with Gasteiger partial charge < -0.3 is 14.4 Å². The van der Waals surface area contributed by atoms with Gasteiger partial charge in [-0.3, -0.25) is 0 Å². The summed E-state index contributed by atoms with van der Waals surface area (Å²) in [4.78, 5) is 11.4. The van der Waals surface area contributed by atoms with Crippen molar-refractivity contribution in [2.24, 2.45) is 0 Å². The third-order valence-corrected chi connectivity index (χ3v) is 10.6. The van der Waals surface area contributed by atoms with Crippen molar-refractivity contribution in [2.75, 3.05) is 18.6 Å². The third kappa shape index (κ3) is 6.80. The first-order chi connectivity index (χ1) is 26.3. The van der Waals surface area contributed by atoms with E-state index in [0.717, 1.165) is 45.7 Å². The minimum absolute atomic E-state index is 0.00771. The van der Waals surface area contributed by atoms with E-state index in [0.29, 0.717) is 18.0 Å². The molecule has 0 N–H and O–H groups in total. The molecule has 3 heterocycles. The van der Waals surface area contributed by atoms with Gasteiger partial charge in [-0.2, -0.15) is 10.5 Å². The Morgan fingerprint density at radius 1 is 0.741 bits per heavy atom. The third-order valence-electron chi connectivity index (χ3n) is 10.6. The Kier molecular flexibility index (Phi) is 10.2. The molecule has 7 heteroatoms. The van der Waals surface area contributed by atoms with Crippen molar-refractivity contribution >= 4 is 11.8 Å². The van der Waals surface area contributed by atoms with Crippen LogP contribution < -0.4 is 14.4 Å². The number of hydrogen-bond donors (Lipinski definition) is 0. The second-order valence-electron chi connectivity index (χ2n) is 14.4. The van der Waals surface area contributed by atoms with Crippen LogP contribution >= 0.6 is 0 Å². The van der Waals surface area contributed by atoms with Crippen molar-refractivity contribution in [1.82, 2.24) is 9.97 Å². The number of fused-ring (bicyclic) bond motifs is 2. The molecular weight excluding hydrogens is 667 g/mol. The van der Waals surface area contributed by atoms with E-state index in [9.17, 15) is 10.5 Å². The second kappa shape index (κ2) is 15.3. The zero-order valence-electron chi connectivity index (χ0n) is 31.3. The number of rotatable bonds is 10. The van der Waals surface area contributed by atoms with Gasteiger partial charge in [-0.25, -0.2) is 9.97 Å². The predicted molar refractivity (Wildman–Crippen MR) is 214 cm³/mol. The molecule has 7 nitrogen and oxygen atoms in total. The van der Waals surface area contributed by atoms with E-state index in [2.05, 4.69) is 97.0 Å². The lowest BCUT2D eigenvalue weighted by Crippen LogP contribution is -2.58. The Morgan fingerprint density at radius 2 is 1.35 bits per heavy atom. The average Bonchev–Trinajstić information content (AvgIpc) is 3.37. The van der Waals surface area contributed by atoms with Gasteiger partial charge in [-0.1, -0.05) is 81.2 Å². The Labute approximate surface area is 318 Å². The lowest BCUT2D eigenvalue weighted by atomic mass is 9.76. The van der Waals surface area contributed by atoms with Gasteiger partial charge in [0.2, 0.25) is 5.72 Å². The monoisotopic (exact) mass is 709 g/mol. The van der Waals surface area contributed by atoms with Gasteiger partial charge in [-0.15, -0.1) is 0 Å². The maximum Gasteiger partial charge on any atom is 0.211 e. The van der Waals surface area contributed by atoms with Crippen molar-refractivity contribution in [3.63, 3.8) is 0 Å². The van der Waals surface area contributed by atoms with E-state index in [1.807, 2.05) is 72.8 Å². The number of nitriles is 2. The van der Waals surface area contributed by atoms with E-state index >= 15 is 0 Å². The van der Waals surface area contributed by atoms with Gasteiger partial charge in [0, 0.05) is 40.6 Å². The molecular formula is C47H43N5O2. The second-order valence-corrected chi connectivity index (χ2v) is 14.4. The average molecular weight is 710 g/mol. The highest BCUT2D eigenvalue weighted by Crippen LogP contribution is 2.54. The van der Waals surface area contributed by atoms with Crippen LogP contribution in [0.5, 0.6) is 11.5 Å². The zero-order chi connectivity index (χ0) is 37.7. The molecule has 2 aliphatic rings. The van der Waals surface area contributed by atoms with Crippen LogP contribution in [0.1, 0.15) is 92.9 Å². The molecule has 1 spiro atoms. The summed E-state index contributed by atoms with van der Waals surface area (Å²) in [6, 6.07) is 34.0. The molecule has 2 aliphatic heterocycles. The quantitative estimate of drug-likeness (QED) is 0.105. The lowest BCUT2D eigenvalue weighted by molar-refractivity contribution is 0.0582. The summed E-state index contributed by atoms with van der Waals surface area (Å²) >= 11 is 0. The molecule has 0 aliphatic carbocycles. The van der Waals surface area contributed by atoms with Crippen LogP contribution in [0.15, 0.2) is 97.1 Å². The minimum atomic E-state index is -0.628. The van der Waals surface area contributed by atoms with Gasteiger partial charge in [0.05, 0.1) is 23.4 Å². The summed E-state index contributed by atoms with van der Waals surface area (Å²) in [5.74, 6) is 8.20. The smallest absolute Gasteiger partial charge is 0.211 e. The standard InChI is InChI=1S/C47H43N5O2/c1-5-6-7-8-9-12-29-53-38-24-22-36(23-25-38)45-44(50-40(31-48)41(32-49)51-45)35-20-17-33(18-21-35)15-16-34-19-26-43-37(30-34)27-28-47(54-43)46(2,3)39-13-10-11-14-42(39)52(47)4/h10-11,13-14,17-28,30H,5-9,12,29H2,1-4H3. The molecule has 1 atom stereocenters. The predicted octanol–water partition coefficient (Wildman–Crippen LogP) is 10.2. The molecule has 5 aromatic rings. The van der Waals surface area contributed by atoms with Gasteiger partial charge in [-0.05, 0) is 98.6 Å². The highest BCUT2D eigenvalue weighted by molar-refractivity contribution is 5.79. The van der Waals surface area contributed by atoms with Crippen LogP contribution in [-0.2, 0) is 5.41 Å². The highest BCUT2D eigenvalue weighted by Gasteiger charge is 2.57. The summed E-state index contributed by atoms with van der Waals surface area (Å²) in [6.45, 7) is 7.36. The highest BCUT2D eigenvalue weighted by atomic mass is 16.5. The van der Waals surface area contributed by atoms with Gasteiger partial charge >= 0.3 is 0 Å². The first-order valence-electron chi connectivity index (χ1n) is 18.7. The molecule has 0 fully saturated rings. The normalized spacial score (nSPS) is 16.0. The van der Waals surface area contributed by atoms with E-state index in [1.54, 1.807) is 0 Å². The van der Waals surface area contributed by atoms with Gasteiger partial charge in [0.15, 0.2) is 11.4 Å². The summed E-state index contributed by atoms with van der Waals surface area (Å²) in [7, 11) is 2.09. The number of para-hydroxylation sites is 1. The number of ether oxygens (including phenoxy) is 2. The topological polar surface area (TPSA) is 95.1 Å². The van der Waals surface area contributed by atoms with Crippen molar-refractivity contribution in [2.45, 2.75) is 70.4 Å². The fraction of sp³-hybridized carbons (Fsp3) is 0.277. The molecule has 54 heavy (non-hydrogen) atoms. The Balaban J connectivity index is 1.08. The largest absolute Gasteiger partial charge is 0.494 e. The molecule has 1 unspecified atom stereocenters. The summed E-state index contributed by atoms with van der Waals surface area (Å²) < 4.78 is 12.8. The fourth-order valence-corrected chi connectivity index (χ4v) is 7.49. The van der Waals surface area contributed by atoms with Crippen LogP contribution in [0.2, 0.25) is 0 Å². The van der Waals surface area contributed by atoms with Crippen molar-refractivity contribution < 1.29 is 9.47 Å². The van der Waals surface area contributed by atoms with E-state index in [-0.39, 0.29) is 16.8 Å². The lowest BCUT2D eigenvalue weighted by Gasteiger charge is -2.45. The molecule has 1 aromatic heterocycles. The molecule has 0 bridgehead atoms. The number of likely N-dealkylation sites (N-methyl/N-ethyl adjacent to an activating group) is 1. The SMILES string of the molecule is CCCCCCCCOc1ccc(-c2nc(C#N)c(C#N)nc2-c2ccc(C#Cc3ccc4c(c3)C=CC3(O4)N(C)c4ccccc4C3(C)C)cc2)cc1. The van der Waals surface area contributed by atoms with Crippen molar-refractivity contribution in [3.8, 4) is 58.0 Å². The first-order valence-corrected chi connectivity index (χ1v) is 18.7. The summed E-state index contributed by atoms with van der Waals surface area (Å²) in [5.41, 5.74) is 6.80. The molecule has 0 radical (unpaired) electrons. The molecule has 268 valence electrons. The molecule has 0 saturated carbocycles. The number of nitrogens with zero attached hydrogens (tertiary/aromatic N) is 5.